The molecule has 2 fully saturated rings. The van der Waals surface area contributed by atoms with Crippen LogP contribution < -0.4 is 25.4 Å². The number of rotatable bonds is 8. The van der Waals surface area contributed by atoms with Crippen LogP contribution in [0, 0.1) is 34.5 Å². The van der Waals surface area contributed by atoms with E-state index in [0.29, 0.717) is 11.1 Å². The van der Waals surface area contributed by atoms with Gasteiger partial charge in [0, 0.05) is 31.5 Å². The number of fused-ring (bicyclic) bond motifs is 1. The van der Waals surface area contributed by atoms with E-state index >= 15 is 0 Å². The van der Waals surface area contributed by atoms with Gasteiger partial charge in [0.15, 0.2) is 5.57 Å². The van der Waals surface area contributed by atoms with E-state index in [1.165, 1.54) is 55.3 Å². The Kier molecular flexibility index (Phi) is 9.16. The summed E-state index contributed by atoms with van der Waals surface area (Å²) in [5.41, 5.74) is 1.70. The lowest BCUT2D eigenvalue weighted by Gasteiger charge is -2.41. The molecule has 37 heavy (non-hydrogen) atoms. The minimum absolute atomic E-state index is 0.168. The Balaban J connectivity index is 1.46. The van der Waals surface area contributed by atoms with Crippen molar-refractivity contribution in [2.24, 2.45) is 11.8 Å². The average Bonchev–Trinajstić information content (AvgIpc) is 3.24. The number of piperidine rings is 1. The molecule has 2 aliphatic rings. The SMILES string of the molecule is CCn1c(=O)/c(=C\Nc2cccc(CCN3CC[C@@H]4CCCC[C@@H]4C3)c2)s/c1=C(/C#N)C(=O)NCC#N. The summed E-state index contributed by atoms with van der Waals surface area (Å²) >= 11 is 1.09. The lowest BCUT2D eigenvalue weighted by molar-refractivity contribution is -0.115. The molecule has 1 aromatic heterocycles. The number of amides is 1. The van der Waals surface area contributed by atoms with Crippen molar-refractivity contribution in [1.29, 1.82) is 10.5 Å². The van der Waals surface area contributed by atoms with Gasteiger partial charge in [-0.25, -0.2) is 0 Å². The molecule has 1 aliphatic carbocycles. The van der Waals surface area contributed by atoms with Gasteiger partial charge in [-0.15, -0.1) is 11.3 Å². The zero-order valence-electron chi connectivity index (χ0n) is 21.3. The molecule has 1 saturated carbocycles. The third-order valence-electron chi connectivity index (χ3n) is 7.49. The van der Waals surface area contributed by atoms with Gasteiger partial charge >= 0.3 is 0 Å². The number of hydrogen-bond acceptors (Lipinski definition) is 7. The molecule has 1 saturated heterocycles. The van der Waals surface area contributed by atoms with Crippen LogP contribution in [-0.4, -0.2) is 41.6 Å². The van der Waals surface area contributed by atoms with Gasteiger partial charge in [0.25, 0.3) is 11.5 Å². The molecule has 2 heterocycles. The molecule has 0 bridgehead atoms. The van der Waals surface area contributed by atoms with Crippen LogP contribution in [0.2, 0.25) is 0 Å². The Morgan fingerprint density at radius 3 is 2.78 bits per heavy atom. The number of hydrogen-bond donors (Lipinski definition) is 2. The highest BCUT2D eigenvalue weighted by Gasteiger charge is 2.30. The second kappa shape index (κ2) is 12.7. The van der Waals surface area contributed by atoms with Crippen molar-refractivity contribution in [3.8, 4) is 12.1 Å². The fourth-order valence-corrected chi connectivity index (χ4v) is 6.61. The fourth-order valence-electron chi connectivity index (χ4n) is 5.53. The first-order valence-electron chi connectivity index (χ1n) is 13.1. The number of likely N-dealkylation sites (tertiary alicyclic amines) is 1. The van der Waals surface area contributed by atoms with E-state index in [1.807, 2.05) is 24.3 Å². The van der Waals surface area contributed by atoms with Crippen LogP contribution in [-0.2, 0) is 17.8 Å². The number of nitrogens with zero attached hydrogens (tertiary/aromatic N) is 4. The molecule has 194 valence electrons. The maximum absolute atomic E-state index is 12.9. The average molecular weight is 519 g/mol. The minimum atomic E-state index is -0.660. The van der Waals surface area contributed by atoms with Crippen LogP contribution in [0.25, 0.3) is 11.8 Å². The predicted molar refractivity (Wildman–Crippen MR) is 146 cm³/mol. The summed E-state index contributed by atoms with van der Waals surface area (Å²) in [6.07, 6.45) is 9.56. The summed E-state index contributed by atoms with van der Waals surface area (Å²) in [4.78, 5) is 27.9. The monoisotopic (exact) mass is 518 g/mol. The highest BCUT2D eigenvalue weighted by Crippen LogP contribution is 2.36. The Labute approximate surface area is 221 Å². The van der Waals surface area contributed by atoms with Crippen LogP contribution in [0.15, 0.2) is 29.1 Å². The lowest BCUT2D eigenvalue weighted by Crippen LogP contribution is -2.42. The summed E-state index contributed by atoms with van der Waals surface area (Å²) < 4.78 is 2.10. The number of thiazole rings is 1. The summed E-state index contributed by atoms with van der Waals surface area (Å²) in [5, 5.41) is 23.8. The van der Waals surface area contributed by atoms with Gasteiger partial charge in [0.2, 0.25) is 0 Å². The van der Waals surface area contributed by atoms with E-state index in [1.54, 1.807) is 13.1 Å². The third kappa shape index (κ3) is 6.49. The standard InChI is InChI=1S/C28H34N6O2S/c1-2-34-27(36)25(37-28(34)24(17-30)26(35)31-13-12-29)18-32-23-9-5-6-20(16-23)10-14-33-15-11-21-7-3-4-8-22(21)19-33/h5-6,9,16,18,21-22,32H,2-4,7-8,10-11,13-15,19H2,1H3,(H,31,35)/b25-18+,28-24-/t21-,22+/m0/s1. The molecule has 0 unspecified atom stereocenters. The molecule has 2 atom stereocenters. The molecule has 4 rings (SSSR count). The second-order valence-electron chi connectivity index (χ2n) is 9.78. The van der Waals surface area contributed by atoms with Gasteiger partial charge in [0.05, 0.1) is 6.07 Å². The minimum Gasteiger partial charge on any atom is -0.360 e. The quantitative estimate of drug-likeness (QED) is 0.518. The van der Waals surface area contributed by atoms with Crippen molar-refractivity contribution in [3.63, 3.8) is 0 Å². The Hall–Kier alpha value is -3.40. The number of benzene rings is 1. The van der Waals surface area contributed by atoms with Crippen molar-refractivity contribution >= 4 is 34.7 Å². The number of aromatic nitrogens is 1. The van der Waals surface area contributed by atoms with Gasteiger partial charge in [-0.2, -0.15) is 10.5 Å². The molecule has 0 radical (unpaired) electrons. The van der Waals surface area contributed by atoms with E-state index in [2.05, 4.69) is 27.7 Å². The summed E-state index contributed by atoms with van der Waals surface area (Å²) in [6.45, 7) is 5.40. The Morgan fingerprint density at radius 2 is 2.03 bits per heavy atom. The molecule has 8 nitrogen and oxygen atoms in total. The van der Waals surface area contributed by atoms with Gasteiger partial charge in [-0.3, -0.25) is 14.2 Å². The normalized spacial score (nSPS) is 20.9. The van der Waals surface area contributed by atoms with Crippen LogP contribution >= 0.6 is 11.3 Å². The second-order valence-corrected chi connectivity index (χ2v) is 10.8. The molecule has 1 aromatic carbocycles. The maximum atomic E-state index is 12.9. The number of anilines is 1. The number of nitrogens with one attached hydrogen (secondary N) is 2. The summed E-state index contributed by atoms with van der Waals surface area (Å²) in [6, 6.07) is 11.9. The van der Waals surface area contributed by atoms with E-state index in [9.17, 15) is 14.9 Å². The van der Waals surface area contributed by atoms with Gasteiger partial charge in [0.1, 0.15) is 21.8 Å². The predicted octanol–water partition coefficient (Wildman–Crippen LogP) is 2.15. The van der Waals surface area contributed by atoms with Crippen molar-refractivity contribution in [2.45, 2.75) is 52.0 Å². The van der Waals surface area contributed by atoms with Gasteiger partial charge in [-0.1, -0.05) is 31.4 Å². The number of carbonyl (C=O) groups excluding carboxylic acids is 1. The smallest absolute Gasteiger partial charge is 0.270 e. The largest absolute Gasteiger partial charge is 0.360 e. The number of carbonyl (C=O) groups is 1. The molecule has 9 heteroatoms. The van der Waals surface area contributed by atoms with Gasteiger partial charge < -0.3 is 15.5 Å². The molecule has 1 aliphatic heterocycles. The molecule has 1 amide bonds. The topological polar surface area (TPSA) is 114 Å². The molecule has 2 aromatic rings. The fraction of sp³-hybridized carbons (Fsp3) is 0.500. The highest BCUT2D eigenvalue weighted by atomic mass is 32.1. The van der Waals surface area contributed by atoms with Crippen molar-refractivity contribution < 1.29 is 4.79 Å². The molecular formula is C28H34N6O2S. The molecule has 0 spiro atoms. The summed E-state index contributed by atoms with van der Waals surface area (Å²) in [5.74, 6) is 1.16. The zero-order valence-corrected chi connectivity index (χ0v) is 22.1. The van der Waals surface area contributed by atoms with Crippen molar-refractivity contribution in [3.05, 3.63) is 49.4 Å². The van der Waals surface area contributed by atoms with E-state index < -0.39 is 5.91 Å². The van der Waals surface area contributed by atoms with Crippen molar-refractivity contribution in [2.75, 3.05) is 31.5 Å². The van der Waals surface area contributed by atoms with Crippen LogP contribution in [0.4, 0.5) is 5.69 Å². The highest BCUT2D eigenvalue weighted by molar-refractivity contribution is 7.07. The third-order valence-corrected chi connectivity index (χ3v) is 8.62. The molecule has 2 N–H and O–H groups in total. The first-order valence-corrected chi connectivity index (χ1v) is 13.9. The Bertz CT molecular complexity index is 1380. The maximum Gasteiger partial charge on any atom is 0.270 e. The van der Waals surface area contributed by atoms with Crippen molar-refractivity contribution in [1.82, 2.24) is 14.8 Å². The van der Waals surface area contributed by atoms with E-state index in [4.69, 9.17) is 5.26 Å². The van der Waals surface area contributed by atoms with E-state index in [-0.39, 0.29) is 22.3 Å². The van der Waals surface area contributed by atoms with E-state index in [0.717, 1.165) is 41.8 Å². The first-order chi connectivity index (χ1) is 18.0. The van der Waals surface area contributed by atoms with Crippen LogP contribution in [0.1, 0.15) is 44.6 Å². The lowest BCUT2D eigenvalue weighted by atomic mass is 9.75. The first kappa shape index (κ1) is 26.7. The molecular weight excluding hydrogens is 484 g/mol. The zero-order chi connectivity index (χ0) is 26.2. The van der Waals surface area contributed by atoms with Crippen LogP contribution in [0.5, 0.6) is 0 Å². The van der Waals surface area contributed by atoms with Gasteiger partial charge in [-0.05, 0) is 62.3 Å². The summed E-state index contributed by atoms with van der Waals surface area (Å²) in [7, 11) is 0. The van der Waals surface area contributed by atoms with Crippen LogP contribution in [0.3, 0.4) is 0 Å². The number of nitriles is 2. The Morgan fingerprint density at radius 1 is 1.22 bits per heavy atom.